The SMILES string of the molecule is CC(C)Cc1n[nH]c2c1C(c1ccc(F)cc1F)N(c1ccn(C)n1)C2=O. The van der Waals surface area contributed by atoms with Gasteiger partial charge in [-0.25, -0.2) is 8.78 Å². The van der Waals surface area contributed by atoms with E-state index in [9.17, 15) is 13.6 Å². The second kappa shape index (κ2) is 6.29. The standard InChI is InChI=1S/C19H19F2N5O/c1-10(2)8-14-16-17(23-22-14)19(27)26(15-6-7-25(3)24-15)18(16)12-5-4-11(20)9-13(12)21/h4-7,9-10,18H,8H2,1-3H3,(H,22,23). The number of rotatable bonds is 4. The highest BCUT2D eigenvalue weighted by atomic mass is 19.1. The monoisotopic (exact) mass is 371 g/mol. The summed E-state index contributed by atoms with van der Waals surface area (Å²) in [6.45, 7) is 4.09. The number of carbonyl (C=O) groups excluding carboxylic acids is 1. The summed E-state index contributed by atoms with van der Waals surface area (Å²) in [5, 5.41) is 11.4. The number of benzene rings is 1. The summed E-state index contributed by atoms with van der Waals surface area (Å²) in [4.78, 5) is 14.5. The van der Waals surface area contributed by atoms with Gasteiger partial charge in [0.1, 0.15) is 17.3 Å². The van der Waals surface area contributed by atoms with Gasteiger partial charge in [0, 0.05) is 36.5 Å². The zero-order valence-corrected chi connectivity index (χ0v) is 15.2. The molecular formula is C19H19F2N5O. The summed E-state index contributed by atoms with van der Waals surface area (Å²) in [6.07, 6.45) is 2.34. The Morgan fingerprint density at radius 2 is 2.04 bits per heavy atom. The first-order valence-electron chi connectivity index (χ1n) is 8.72. The van der Waals surface area contributed by atoms with Crippen molar-refractivity contribution in [3.05, 3.63) is 64.6 Å². The van der Waals surface area contributed by atoms with Gasteiger partial charge in [-0.05, 0) is 18.4 Å². The lowest BCUT2D eigenvalue weighted by atomic mass is 9.95. The van der Waals surface area contributed by atoms with Crippen LogP contribution in [0.1, 0.15) is 47.2 Å². The molecule has 1 aliphatic rings. The van der Waals surface area contributed by atoms with E-state index in [-0.39, 0.29) is 11.5 Å². The van der Waals surface area contributed by atoms with E-state index in [1.165, 1.54) is 17.0 Å². The van der Waals surface area contributed by atoms with Crippen LogP contribution in [0.4, 0.5) is 14.6 Å². The largest absolute Gasteiger partial charge is 0.278 e. The highest BCUT2D eigenvalue weighted by Crippen LogP contribution is 2.43. The first-order chi connectivity index (χ1) is 12.9. The van der Waals surface area contributed by atoms with Gasteiger partial charge in [-0.3, -0.25) is 19.5 Å². The molecule has 3 aromatic rings. The van der Waals surface area contributed by atoms with Gasteiger partial charge in [-0.15, -0.1) is 0 Å². The van der Waals surface area contributed by atoms with Crippen molar-refractivity contribution in [3.63, 3.8) is 0 Å². The fourth-order valence-electron chi connectivity index (χ4n) is 3.54. The average molecular weight is 371 g/mol. The van der Waals surface area contributed by atoms with Crippen LogP contribution in [0.3, 0.4) is 0 Å². The van der Waals surface area contributed by atoms with Gasteiger partial charge < -0.3 is 0 Å². The number of aryl methyl sites for hydroxylation is 1. The molecule has 0 radical (unpaired) electrons. The number of carbonyl (C=O) groups is 1. The van der Waals surface area contributed by atoms with E-state index >= 15 is 0 Å². The summed E-state index contributed by atoms with van der Waals surface area (Å²) in [7, 11) is 1.74. The summed E-state index contributed by atoms with van der Waals surface area (Å²) in [5.41, 5.74) is 1.87. The number of hydrogen-bond acceptors (Lipinski definition) is 3. The minimum absolute atomic E-state index is 0.209. The summed E-state index contributed by atoms with van der Waals surface area (Å²) in [5.74, 6) is -1.01. The van der Waals surface area contributed by atoms with E-state index in [0.717, 1.165) is 6.07 Å². The zero-order valence-electron chi connectivity index (χ0n) is 15.2. The number of nitrogens with zero attached hydrogens (tertiary/aromatic N) is 4. The molecule has 0 spiro atoms. The number of hydrogen-bond donors (Lipinski definition) is 1. The maximum Gasteiger partial charge on any atom is 0.278 e. The van der Waals surface area contributed by atoms with Crippen LogP contribution in [0.5, 0.6) is 0 Å². The first-order valence-corrected chi connectivity index (χ1v) is 8.72. The molecule has 2 aromatic heterocycles. The Bertz CT molecular complexity index is 1020. The third-order valence-corrected chi connectivity index (χ3v) is 4.65. The lowest BCUT2D eigenvalue weighted by molar-refractivity contribution is 0.0987. The molecule has 1 aliphatic heterocycles. The Morgan fingerprint density at radius 1 is 1.26 bits per heavy atom. The number of aromatic amines is 1. The smallest absolute Gasteiger partial charge is 0.278 e. The third kappa shape index (κ3) is 2.81. The molecule has 0 saturated carbocycles. The Kier molecular flexibility index (Phi) is 4.05. The van der Waals surface area contributed by atoms with Crippen LogP contribution in [0.15, 0.2) is 30.5 Å². The number of halogens is 2. The molecule has 1 amide bonds. The fraction of sp³-hybridized carbons (Fsp3) is 0.316. The van der Waals surface area contributed by atoms with Crippen molar-refractivity contribution < 1.29 is 13.6 Å². The van der Waals surface area contributed by atoms with Crippen LogP contribution in [0.25, 0.3) is 0 Å². The van der Waals surface area contributed by atoms with Gasteiger partial charge in [0.05, 0.1) is 11.7 Å². The van der Waals surface area contributed by atoms with E-state index in [4.69, 9.17) is 0 Å². The topological polar surface area (TPSA) is 66.8 Å². The number of nitrogens with one attached hydrogen (secondary N) is 1. The molecule has 0 fully saturated rings. The molecule has 27 heavy (non-hydrogen) atoms. The van der Waals surface area contributed by atoms with Gasteiger partial charge in [0.2, 0.25) is 0 Å². The van der Waals surface area contributed by atoms with Gasteiger partial charge in [0.25, 0.3) is 5.91 Å². The molecule has 0 bridgehead atoms. The molecule has 140 valence electrons. The highest BCUT2D eigenvalue weighted by molar-refractivity contribution is 6.10. The predicted molar refractivity (Wildman–Crippen MR) is 95.3 cm³/mol. The number of aromatic nitrogens is 4. The maximum absolute atomic E-state index is 14.7. The van der Waals surface area contributed by atoms with Crippen LogP contribution in [-0.4, -0.2) is 25.9 Å². The second-order valence-electron chi connectivity index (χ2n) is 7.15. The lowest BCUT2D eigenvalue weighted by Crippen LogP contribution is -2.30. The van der Waals surface area contributed by atoms with Crippen LogP contribution in [-0.2, 0) is 13.5 Å². The van der Waals surface area contributed by atoms with Crippen LogP contribution in [0, 0.1) is 17.6 Å². The minimum atomic E-state index is -0.754. The predicted octanol–water partition coefficient (Wildman–Crippen LogP) is 3.37. The first kappa shape index (κ1) is 17.4. The molecule has 3 heterocycles. The van der Waals surface area contributed by atoms with Crippen molar-refractivity contribution in [1.82, 2.24) is 20.0 Å². The molecule has 0 saturated heterocycles. The van der Waals surface area contributed by atoms with Gasteiger partial charge in [0.15, 0.2) is 5.82 Å². The maximum atomic E-state index is 14.7. The molecule has 1 atom stereocenters. The van der Waals surface area contributed by atoms with Gasteiger partial charge >= 0.3 is 0 Å². The quantitative estimate of drug-likeness (QED) is 0.765. The summed E-state index contributed by atoms with van der Waals surface area (Å²) < 4.78 is 29.7. The third-order valence-electron chi connectivity index (χ3n) is 4.65. The average Bonchev–Trinajstić information content (AvgIpc) is 3.25. The number of H-pyrrole nitrogens is 1. The van der Waals surface area contributed by atoms with E-state index in [2.05, 4.69) is 15.3 Å². The van der Waals surface area contributed by atoms with Crippen molar-refractivity contribution in [2.75, 3.05) is 4.90 Å². The zero-order chi connectivity index (χ0) is 19.3. The molecular weight excluding hydrogens is 352 g/mol. The fourth-order valence-corrected chi connectivity index (χ4v) is 3.54. The van der Waals surface area contributed by atoms with Crippen LogP contribution >= 0.6 is 0 Å². The van der Waals surface area contributed by atoms with Gasteiger partial charge in [-0.2, -0.15) is 10.2 Å². The van der Waals surface area contributed by atoms with E-state index in [0.29, 0.717) is 35.1 Å². The molecule has 1 unspecified atom stereocenters. The van der Waals surface area contributed by atoms with Crippen molar-refractivity contribution in [1.29, 1.82) is 0 Å². The summed E-state index contributed by atoms with van der Waals surface area (Å²) >= 11 is 0. The Labute approximate surface area is 154 Å². The van der Waals surface area contributed by atoms with Gasteiger partial charge in [-0.1, -0.05) is 19.9 Å². The summed E-state index contributed by atoms with van der Waals surface area (Å²) in [6, 6.07) is 4.33. The van der Waals surface area contributed by atoms with Crippen molar-refractivity contribution >= 4 is 11.7 Å². The van der Waals surface area contributed by atoms with E-state index in [1.54, 1.807) is 24.0 Å². The van der Waals surface area contributed by atoms with Crippen LogP contribution in [0.2, 0.25) is 0 Å². The Balaban J connectivity index is 1.92. The van der Waals surface area contributed by atoms with Crippen molar-refractivity contribution in [3.8, 4) is 0 Å². The molecule has 8 heteroatoms. The molecule has 1 N–H and O–H groups in total. The Hall–Kier alpha value is -3.03. The molecule has 0 aliphatic carbocycles. The highest BCUT2D eigenvalue weighted by Gasteiger charge is 2.44. The van der Waals surface area contributed by atoms with E-state index in [1.807, 2.05) is 13.8 Å². The van der Waals surface area contributed by atoms with E-state index < -0.39 is 17.7 Å². The number of fused-ring (bicyclic) bond motifs is 1. The molecule has 1 aromatic carbocycles. The number of amides is 1. The molecule has 6 nitrogen and oxygen atoms in total. The number of anilines is 1. The second-order valence-corrected chi connectivity index (χ2v) is 7.15. The molecule has 4 rings (SSSR count). The minimum Gasteiger partial charge on any atom is -0.278 e. The Morgan fingerprint density at radius 3 is 2.67 bits per heavy atom. The van der Waals surface area contributed by atoms with Crippen molar-refractivity contribution in [2.45, 2.75) is 26.3 Å². The normalized spacial score (nSPS) is 16.4. The lowest BCUT2D eigenvalue weighted by Gasteiger charge is -2.24. The van der Waals surface area contributed by atoms with Crippen LogP contribution < -0.4 is 4.90 Å². The van der Waals surface area contributed by atoms with Crippen molar-refractivity contribution in [2.24, 2.45) is 13.0 Å².